The maximum Gasteiger partial charge on any atom is 0.160 e. The summed E-state index contributed by atoms with van der Waals surface area (Å²) in [5.41, 5.74) is 0. The summed E-state index contributed by atoms with van der Waals surface area (Å²) in [5.74, 6) is -3.46. The molecule has 2 heteroatoms. The van der Waals surface area contributed by atoms with Crippen molar-refractivity contribution in [1.82, 2.24) is 0 Å². The molecule has 0 unspecified atom stereocenters. The Bertz CT molecular complexity index is 281. The Labute approximate surface area is 62.2 Å². The van der Waals surface area contributed by atoms with Gasteiger partial charge in [0, 0.05) is 8.64 Å². The van der Waals surface area contributed by atoms with Gasteiger partial charge in [-0.2, -0.15) is 0 Å². The van der Waals surface area contributed by atoms with Crippen LogP contribution < -0.4 is 0 Å². The predicted octanol–water partition coefficient (Wildman–Crippen LogP) is 1.02. The molecule has 0 N–H and O–H groups in total. The summed E-state index contributed by atoms with van der Waals surface area (Å²) in [6.45, 7) is -0.876. The van der Waals surface area contributed by atoms with Crippen LogP contribution in [0.4, 0.5) is 0 Å². The van der Waals surface area contributed by atoms with Crippen molar-refractivity contribution in [2.45, 2.75) is 19.6 Å². The zero-order valence-corrected chi connectivity index (χ0v) is 5.23. The fourth-order valence-corrected chi connectivity index (χ4v) is 1.05. The summed E-state index contributed by atoms with van der Waals surface area (Å²) in [6.07, 6.45) is -1.89. The van der Waals surface area contributed by atoms with E-state index in [-0.39, 0.29) is 13.0 Å². The summed E-state index contributed by atoms with van der Waals surface area (Å²) in [4.78, 5) is 0. The van der Waals surface area contributed by atoms with E-state index in [1.807, 2.05) is 0 Å². The maximum absolute atomic E-state index is 7.99. The second-order valence-electron chi connectivity index (χ2n) is 2.19. The summed E-state index contributed by atoms with van der Waals surface area (Å²) < 4.78 is 48.2. The molecule has 0 aromatic heterocycles. The normalized spacial score (nSPS) is 87.9. The minimum Gasteiger partial charge on any atom is -0.352 e. The first kappa shape index (κ1) is 2.51. The predicted molar refractivity (Wildman–Crippen MR) is 33.0 cm³/mol. The molecule has 3 atom stereocenters. The molecular formula is C7H12O2. The van der Waals surface area contributed by atoms with E-state index in [1.54, 1.807) is 0 Å². The van der Waals surface area contributed by atoms with Crippen molar-refractivity contribution < 1.29 is 16.3 Å². The van der Waals surface area contributed by atoms with Gasteiger partial charge in [-0.05, 0) is 12.3 Å². The number of hydrogen-bond donors (Lipinski definition) is 0. The summed E-state index contributed by atoms with van der Waals surface area (Å²) >= 11 is 0. The van der Waals surface area contributed by atoms with Crippen LogP contribution in [0.15, 0.2) is 0 Å². The Balaban J connectivity index is 2.52. The van der Waals surface area contributed by atoms with Gasteiger partial charge < -0.3 is 9.47 Å². The molecule has 2 saturated heterocycles. The Morgan fingerprint density at radius 3 is 3.33 bits per heavy atom. The molecule has 2 nitrogen and oxygen atoms in total. The molecule has 2 aliphatic rings. The highest BCUT2D eigenvalue weighted by atomic mass is 16.7. The molecule has 0 saturated carbocycles. The van der Waals surface area contributed by atoms with Gasteiger partial charge in [-0.25, -0.2) is 0 Å². The van der Waals surface area contributed by atoms with E-state index in [0.29, 0.717) is 0 Å². The summed E-state index contributed by atoms with van der Waals surface area (Å²) in [6, 6.07) is 0. The average molecular weight is 133 g/mol. The fraction of sp³-hybridized carbons (Fsp3) is 1.00. The van der Waals surface area contributed by atoms with Gasteiger partial charge in [0.15, 0.2) is 6.27 Å². The van der Waals surface area contributed by atoms with E-state index in [0.717, 1.165) is 0 Å². The van der Waals surface area contributed by atoms with Crippen LogP contribution in [0.5, 0.6) is 0 Å². The van der Waals surface area contributed by atoms with E-state index in [4.69, 9.17) is 16.3 Å². The lowest BCUT2D eigenvalue weighted by molar-refractivity contribution is -0.0905. The van der Waals surface area contributed by atoms with Crippen LogP contribution in [0, 0.1) is 11.8 Å². The molecule has 2 aliphatic heterocycles. The number of ether oxygens (including phenoxy) is 2. The van der Waals surface area contributed by atoms with Crippen LogP contribution in [-0.4, -0.2) is 19.4 Å². The Hall–Kier alpha value is -0.0800. The average Bonchev–Trinajstić information content (AvgIpc) is 2.31. The standard InChI is InChI=1S/C7H12O2/c1-5-4-9-7-6(5)2-3-8-7/h5-7H,2-4H2,1H3/t5-,6-,7+/m0/s1/i4D2,5D,6D,7D. The molecule has 0 aromatic carbocycles. The van der Waals surface area contributed by atoms with Gasteiger partial charge in [0.1, 0.15) is 0 Å². The van der Waals surface area contributed by atoms with Crippen LogP contribution in [0.2, 0.25) is 0 Å². The van der Waals surface area contributed by atoms with Gasteiger partial charge in [-0.3, -0.25) is 0 Å². The third-order valence-electron chi connectivity index (χ3n) is 1.58. The van der Waals surface area contributed by atoms with Gasteiger partial charge in [0.2, 0.25) is 0 Å². The quantitative estimate of drug-likeness (QED) is 0.491. The lowest BCUT2D eigenvalue weighted by Crippen LogP contribution is -2.12. The van der Waals surface area contributed by atoms with Crippen LogP contribution >= 0.6 is 0 Å². The first-order chi connectivity index (χ1) is 6.16. The van der Waals surface area contributed by atoms with Crippen molar-refractivity contribution in [1.29, 1.82) is 0 Å². The molecule has 2 fully saturated rings. The summed E-state index contributed by atoms with van der Waals surface area (Å²) in [5, 5.41) is 0. The minimum absolute atomic E-state index is 0.149. The fourth-order valence-electron chi connectivity index (χ4n) is 1.05. The number of hydrogen-bond acceptors (Lipinski definition) is 2. The third-order valence-corrected chi connectivity index (χ3v) is 1.58. The van der Waals surface area contributed by atoms with E-state index in [1.165, 1.54) is 6.92 Å². The molecule has 52 valence electrons. The zero-order chi connectivity index (χ0) is 10.8. The maximum atomic E-state index is 7.99. The molecule has 2 heterocycles. The van der Waals surface area contributed by atoms with Gasteiger partial charge in [-0.1, -0.05) is 6.92 Å². The molecule has 0 radical (unpaired) electrons. The van der Waals surface area contributed by atoms with Crippen molar-refractivity contribution >= 4 is 0 Å². The highest BCUT2D eigenvalue weighted by Crippen LogP contribution is 2.34. The van der Waals surface area contributed by atoms with E-state index in [9.17, 15) is 0 Å². The van der Waals surface area contributed by atoms with Crippen molar-refractivity contribution in [3.05, 3.63) is 0 Å². The van der Waals surface area contributed by atoms with Gasteiger partial charge in [0.25, 0.3) is 0 Å². The number of rotatable bonds is 0. The van der Waals surface area contributed by atoms with Gasteiger partial charge in [0.05, 0.1) is 17.3 Å². The molecule has 0 bridgehead atoms. The first-order valence-corrected chi connectivity index (χ1v) is 3.00. The molecule has 2 rings (SSSR count). The van der Waals surface area contributed by atoms with E-state index >= 15 is 0 Å². The van der Waals surface area contributed by atoms with Crippen molar-refractivity contribution in [2.24, 2.45) is 11.8 Å². The largest absolute Gasteiger partial charge is 0.352 e. The van der Waals surface area contributed by atoms with Gasteiger partial charge in [-0.15, -0.1) is 0 Å². The Morgan fingerprint density at radius 2 is 2.56 bits per heavy atom. The van der Waals surface area contributed by atoms with Crippen molar-refractivity contribution in [2.75, 3.05) is 13.2 Å². The van der Waals surface area contributed by atoms with E-state index < -0.39 is 24.6 Å². The topological polar surface area (TPSA) is 18.5 Å². The minimum atomic E-state index is -2.32. The molecule has 9 heavy (non-hydrogen) atoms. The second kappa shape index (κ2) is 1.96. The van der Waals surface area contributed by atoms with Gasteiger partial charge >= 0.3 is 0 Å². The van der Waals surface area contributed by atoms with Crippen LogP contribution in [-0.2, 0) is 9.47 Å². The Kier molecular flexibility index (Phi) is 0.547. The second-order valence-corrected chi connectivity index (χ2v) is 2.19. The van der Waals surface area contributed by atoms with Crippen molar-refractivity contribution in [3.8, 4) is 0 Å². The van der Waals surface area contributed by atoms with E-state index in [2.05, 4.69) is 0 Å². The molecule has 0 aromatic rings. The molecule has 0 aliphatic carbocycles. The summed E-state index contributed by atoms with van der Waals surface area (Å²) in [7, 11) is 0. The highest BCUT2D eigenvalue weighted by Gasteiger charge is 2.38. The molecule has 0 spiro atoms. The van der Waals surface area contributed by atoms with Crippen LogP contribution in [0.3, 0.4) is 0 Å². The lowest BCUT2D eigenvalue weighted by atomic mass is 9.96. The molecule has 0 amide bonds. The molecular weight excluding hydrogens is 116 g/mol. The van der Waals surface area contributed by atoms with Crippen LogP contribution in [0.25, 0.3) is 0 Å². The zero-order valence-electron chi connectivity index (χ0n) is 10.2. The SMILES string of the molecule is [2H]C1([2H])O[C@@]2([2H])OCC[C@@]2([2H])[C@@]1([2H])C. The number of fused-ring (bicyclic) bond motifs is 1. The smallest absolute Gasteiger partial charge is 0.160 e. The first-order valence-electron chi connectivity index (χ1n) is 5.50. The lowest BCUT2D eigenvalue weighted by Gasteiger charge is -2.07. The third kappa shape index (κ3) is 0.775. The van der Waals surface area contributed by atoms with Crippen molar-refractivity contribution in [3.63, 3.8) is 0 Å². The highest BCUT2D eigenvalue weighted by molar-refractivity contribution is 4.79. The monoisotopic (exact) mass is 133 g/mol. The Morgan fingerprint density at radius 1 is 1.67 bits per heavy atom. The van der Waals surface area contributed by atoms with Crippen LogP contribution in [0.1, 0.15) is 20.2 Å².